The standard InChI is InChI=1S/C21H21NO7/c1-25-14-9-12-13(10-15(14)26-2)21(11-5-7-22-8-6-11)17(20(24)28-4)16(18(12)29-21)19(23)27-3/h5-10,16-18H,1-4H3/t16-,17+,18-,21+/m0/s1. The van der Waals surface area contributed by atoms with Gasteiger partial charge in [-0.25, -0.2) is 0 Å². The van der Waals surface area contributed by atoms with Crippen LogP contribution in [0.15, 0.2) is 36.7 Å². The molecule has 3 heterocycles. The summed E-state index contributed by atoms with van der Waals surface area (Å²) >= 11 is 0. The summed E-state index contributed by atoms with van der Waals surface area (Å²) in [6.07, 6.45) is 2.52. The van der Waals surface area contributed by atoms with Gasteiger partial charge in [0.05, 0.1) is 34.5 Å². The molecule has 8 heteroatoms. The van der Waals surface area contributed by atoms with Crippen molar-refractivity contribution in [3.63, 3.8) is 0 Å². The average Bonchev–Trinajstić information content (AvgIpc) is 3.30. The highest BCUT2D eigenvalue weighted by atomic mass is 16.6. The zero-order valence-electron chi connectivity index (χ0n) is 16.5. The predicted molar refractivity (Wildman–Crippen MR) is 99.4 cm³/mol. The summed E-state index contributed by atoms with van der Waals surface area (Å²) in [5.41, 5.74) is 0.913. The lowest BCUT2D eigenvalue weighted by Crippen LogP contribution is -2.45. The molecule has 0 radical (unpaired) electrons. The number of ether oxygens (including phenoxy) is 5. The first-order valence-electron chi connectivity index (χ1n) is 9.03. The van der Waals surface area contributed by atoms with Crippen molar-refractivity contribution in [3.05, 3.63) is 53.3 Å². The molecule has 1 saturated heterocycles. The van der Waals surface area contributed by atoms with Gasteiger partial charge in [0.1, 0.15) is 17.4 Å². The largest absolute Gasteiger partial charge is 0.493 e. The molecule has 152 valence electrons. The Balaban J connectivity index is 2.04. The third-order valence-electron chi connectivity index (χ3n) is 5.74. The van der Waals surface area contributed by atoms with Crippen molar-refractivity contribution in [2.24, 2.45) is 11.8 Å². The maximum Gasteiger partial charge on any atom is 0.313 e. The smallest absolute Gasteiger partial charge is 0.313 e. The SMILES string of the molecule is COC(=O)[C@@H]1[C@H]2O[C@](c3ccncc3)(c3cc(OC)c(OC)cc32)[C@H]1C(=O)OC. The van der Waals surface area contributed by atoms with Gasteiger partial charge in [-0.3, -0.25) is 14.6 Å². The minimum Gasteiger partial charge on any atom is -0.493 e. The van der Waals surface area contributed by atoms with E-state index < -0.39 is 35.5 Å². The van der Waals surface area contributed by atoms with E-state index in [1.807, 2.05) is 0 Å². The van der Waals surface area contributed by atoms with Gasteiger partial charge in [-0.2, -0.15) is 0 Å². The van der Waals surface area contributed by atoms with Crippen LogP contribution in [0.25, 0.3) is 0 Å². The molecule has 0 aliphatic carbocycles. The van der Waals surface area contributed by atoms with Crippen molar-refractivity contribution in [2.75, 3.05) is 28.4 Å². The predicted octanol–water partition coefficient (Wildman–Crippen LogP) is 2.01. The molecular formula is C21H21NO7. The van der Waals surface area contributed by atoms with Gasteiger partial charge in [-0.1, -0.05) is 0 Å². The number of carbonyl (C=O) groups excluding carboxylic acids is 2. The molecule has 2 aliphatic rings. The highest BCUT2D eigenvalue weighted by molar-refractivity contribution is 5.87. The molecule has 8 nitrogen and oxygen atoms in total. The number of esters is 2. The minimum absolute atomic E-state index is 0.495. The second-order valence-electron chi connectivity index (χ2n) is 6.85. The highest BCUT2D eigenvalue weighted by Crippen LogP contribution is 2.65. The van der Waals surface area contributed by atoms with Crippen molar-refractivity contribution < 1.29 is 33.3 Å². The Kier molecular flexibility index (Phi) is 4.66. The number of benzene rings is 1. The fourth-order valence-corrected chi connectivity index (χ4v) is 4.55. The summed E-state index contributed by atoms with van der Waals surface area (Å²) in [5, 5.41) is 0. The number of carbonyl (C=O) groups is 2. The van der Waals surface area contributed by atoms with Crippen molar-refractivity contribution in [1.82, 2.24) is 4.98 Å². The first-order valence-corrected chi connectivity index (χ1v) is 9.03. The highest BCUT2D eigenvalue weighted by Gasteiger charge is 2.68. The quantitative estimate of drug-likeness (QED) is 0.705. The Morgan fingerprint density at radius 2 is 1.59 bits per heavy atom. The maximum absolute atomic E-state index is 12.9. The Bertz CT molecular complexity index is 961. The van der Waals surface area contributed by atoms with Crippen LogP contribution < -0.4 is 9.47 Å². The summed E-state index contributed by atoms with van der Waals surface area (Å²) in [5.74, 6) is -1.90. The van der Waals surface area contributed by atoms with Gasteiger partial charge in [-0.15, -0.1) is 0 Å². The van der Waals surface area contributed by atoms with Crippen molar-refractivity contribution in [1.29, 1.82) is 0 Å². The molecule has 29 heavy (non-hydrogen) atoms. The topological polar surface area (TPSA) is 93.2 Å². The van der Waals surface area contributed by atoms with E-state index in [0.717, 1.165) is 11.1 Å². The monoisotopic (exact) mass is 399 g/mol. The summed E-state index contributed by atoms with van der Waals surface area (Å²) < 4.78 is 27.4. The van der Waals surface area contributed by atoms with E-state index in [9.17, 15) is 9.59 Å². The number of fused-ring (bicyclic) bond motifs is 5. The van der Waals surface area contributed by atoms with Gasteiger partial charge in [0.15, 0.2) is 11.5 Å². The average molecular weight is 399 g/mol. The van der Waals surface area contributed by atoms with E-state index in [0.29, 0.717) is 17.1 Å². The van der Waals surface area contributed by atoms with Gasteiger partial charge >= 0.3 is 11.9 Å². The number of aromatic nitrogens is 1. The first-order chi connectivity index (χ1) is 14.0. The number of hydrogen-bond donors (Lipinski definition) is 0. The van der Waals surface area contributed by atoms with Gasteiger partial charge in [0.2, 0.25) is 0 Å². The fourth-order valence-electron chi connectivity index (χ4n) is 4.55. The molecule has 2 bridgehead atoms. The molecular weight excluding hydrogens is 378 g/mol. The molecule has 0 saturated carbocycles. The minimum atomic E-state index is -1.24. The Hall–Kier alpha value is -3.13. The molecule has 2 aliphatic heterocycles. The number of hydrogen-bond acceptors (Lipinski definition) is 8. The Morgan fingerprint density at radius 1 is 0.966 bits per heavy atom. The molecule has 4 atom stereocenters. The Morgan fingerprint density at radius 3 is 2.17 bits per heavy atom. The van der Waals surface area contributed by atoms with Crippen LogP contribution in [0.5, 0.6) is 11.5 Å². The lowest BCUT2D eigenvalue weighted by atomic mass is 9.66. The van der Waals surface area contributed by atoms with Gasteiger partial charge in [0, 0.05) is 12.4 Å². The number of nitrogens with zero attached hydrogens (tertiary/aromatic N) is 1. The van der Waals surface area contributed by atoms with Crippen LogP contribution in [0.2, 0.25) is 0 Å². The van der Waals surface area contributed by atoms with Gasteiger partial charge in [0.25, 0.3) is 0 Å². The third kappa shape index (κ3) is 2.52. The summed E-state index contributed by atoms with van der Waals surface area (Å²) in [6.45, 7) is 0. The fraction of sp³-hybridized carbons (Fsp3) is 0.381. The van der Waals surface area contributed by atoms with Gasteiger partial charge in [-0.05, 0) is 41.0 Å². The molecule has 1 fully saturated rings. The van der Waals surface area contributed by atoms with E-state index >= 15 is 0 Å². The zero-order chi connectivity index (χ0) is 20.8. The molecule has 4 rings (SSSR count). The van der Waals surface area contributed by atoms with Crippen LogP contribution in [0.1, 0.15) is 22.8 Å². The van der Waals surface area contributed by atoms with Crippen molar-refractivity contribution in [3.8, 4) is 11.5 Å². The van der Waals surface area contributed by atoms with Crippen LogP contribution in [0.3, 0.4) is 0 Å². The summed E-state index contributed by atoms with van der Waals surface area (Å²) in [6, 6.07) is 7.10. The maximum atomic E-state index is 12.9. The van der Waals surface area contributed by atoms with E-state index in [1.165, 1.54) is 28.4 Å². The van der Waals surface area contributed by atoms with E-state index in [4.69, 9.17) is 23.7 Å². The number of pyridine rings is 1. The van der Waals surface area contributed by atoms with E-state index in [2.05, 4.69) is 4.98 Å². The van der Waals surface area contributed by atoms with E-state index in [1.54, 1.807) is 36.7 Å². The number of methoxy groups -OCH3 is 4. The third-order valence-corrected chi connectivity index (χ3v) is 5.74. The second kappa shape index (κ2) is 7.04. The molecule has 2 aromatic rings. The molecule has 0 unspecified atom stereocenters. The molecule has 1 aromatic heterocycles. The lowest BCUT2D eigenvalue weighted by molar-refractivity contribution is -0.158. The zero-order valence-corrected chi connectivity index (χ0v) is 16.5. The van der Waals surface area contributed by atoms with E-state index in [-0.39, 0.29) is 0 Å². The first kappa shape index (κ1) is 19.2. The summed E-state index contributed by atoms with van der Waals surface area (Å²) in [7, 11) is 5.65. The Labute approximate surface area is 167 Å². The second-order valence-corrected chi connectivity index (χ2v) is 6.85. The van der Waals surface area contributed by atoms with Crippen LogP contribution in [0.4, 0.5) is 0 Å². The van der Waals surface area contributed by atoms with Crippen molar-refractivity contribution >= 4 is 11.9 Å². The lowest BCUT2D eigenvalue weighted by Gasteiger charge is -2.35. The van der Waals surface area contributed by atoms with Gasteiger partial charge < -0.3 is 23.7 Å². The van der Waals surface area contributed by atoms with Crippen LogP contribution >= 0.6 is 0 Å². The normalized spacial score (nSPS) is 26.6. The van der Waals surface area contributed by atoms with Crippen LogP contribution in [0, 0.1) is 11.8 Å². The van der Waals surface area contributed by atoms with Crippen LogP contribution in [-0.4, -0.2) is 45.4 Å². The summed E-state index contributed by atoms with van der Waals surface area (Å²) in [4.78, 5) is 29.7. The molecule has 1 aromatic carbocycles. The molecule has 0 N–H and O–H groups in total. The molecule has 0 amide bonds. The van der Waals surface area contributed by atoms with Crippen molar-refractivity contribution in [2.45, 2.75) is 11.7 Å². The number of rotatable bonds is 5. The molecule has 0 spiro atoms. The van der Waals surface area contributed by atoms with Crippen LogP contribution in [-0.2, 0) is 29.4 Å².